The van der Waals surface area contributed by atoms with Crippen LogP contribution < -0.4 is 0 Å². The summed E-state index contributed by atoms with van der Waals surface area (Å²) in [7, 11) is 0. The van der Waals surface area contributed by atoms with E-state index >= 15 is 0 Å². The maximum Gasteiger partial charge on any atom is 0.123 e. The Morgan fingerprint density at radius 2 is 1.71 bits per heavy atom. The molecule has 3 rings (SSSR count). The molecular weight excluding hydrogens is 259 g/mol. The van der Waals surface area contributed by atoms with Crippen molar-refractivity contribution in [2.45, 2.75) is 44.4 Å². The van der Waals surface area contributed by atoms with Crippen LogP contribution in [-0.2, 0) is 0 Å². The summed E-state index contributed by atoms with van der Waals surface area (Å²) >= 11 is 0. The third-order valence-corrected chi connectivity index (χ3v) is 4.92. The summed E-state index contributed by atoms with van der Waals surface area (Å²) in [6.45, 7) is 3.82. The van der Waals surface area contributed by atoms with E-state index in [0.717, 1.165) is 23.1 Å². The molecule has 110 valence electrons. The van der Waals surface area contributed by atoms with Crippen LogP contribution in [-0.4, -0.2) is 0 Å². The van der Waals surface area contributed by atoms with Crippen LogP contribution in [0.4, 0.5) is 4.39 Å². The maximum atomic E-state index is 13.2. The highest BCUT2D eigenvalue weighted by Gasteiger charge is 2.21. The summed E-state index contributed by atoms with van der Waals surface area (Å²) < 4.78 is 13.2. The van der Waals surface area contributed by atoms with E-state index in [2.05, 4.69) is 24.8 Å². The van der Waals surface area contributed by atoms with E-state index in [0.29, 0.717) is 5.92 Å². The zero-order valence-electron chi connectivity index (χ0n) is 12.5. The molecule has 1 aliphatic carbocycles. The van der Waals surface area contributed by atoms with Crippen LogP contribution in [0.1, 0.15) is 50.0 Å². The molecule has 0 heterocycles. The van der Waals surface area contributed by atoms with Crippen molar-refractivity contribution in [3.8, 4) is 0 Å². The molecule has 21 heavy (non-hydrogen) atoms. The number of rotatable bonds is 4. The van der Waals surface area contributed by atoms with Crippen LogP contribution in [0.3, 0.4) is 0 Å². The summed E-state index contributed by atoms with van der Waals surface area (Å²) in [6, 6.07) is 11.6. The molecule has 0 aliphatic heterocycles. The first kappa shape index (κ1) is 14.3. The molecule has 0 N–H and O–H groups in total. The van der Waals surface area contributed by atoms with Gasteiger partial charge in [0.05, 0.1) is 0 Å². The number of allylic oxidation sites excluding steroid dienone is 1. The first-order valence-corrected chi connectivity index (χ1v) is 8.06. The fraction of sp³-hybridized carbons (Fsp3) is 0.400. The van der Waals surface area contributed by atoms with Gasteiger partial charge in [0.2, 0.25) is 0 Å². The van der Waals surface area contributed by atoms with E-state index in [-0.39, 0.29) is 5.82 Å². The average Bonchev–Trinajstić information content (AvgIpc) is 2.53. The van der Waals surface area contributed by atoms with Crippen LogP contribution in [0.25, 0.3) is 10.8 Å². The van der Waals surface area contributed by atoms with Gasteiger partial charge in [0.15, 0.2) is 0 Å². The van der Waals surface area contributed by atoms with Gasteiger partial charge in [0.1, 0.15) is 5.82 Å². The quantitative estimate of drug-likeness (QED) is 0.584. The minimum Gasteiger partial charge on any atom is -0.207 e. The lowest BCUT2D eigenvalue weighted by atomic mass is 9.77. The molecule has 0 nitrogen and oxygen atoms in total. The van der Waals surface area contributed by atoms with Crippen molar-refractivity contribution in [3.05, 3.63) is 60.4 Å². The molecule has 2 aromatic rings. The van der Waals surface area contributed by atoms with Crippen LogP contribution in [0, 0.1) is 11.7 Å². The fourth-order valence-corrected chi connectivity index (χ4v) is 3.63. The molecule has 0 aromatic heterocycles. The highest BCUT2D eigenvalue weighted by atomic mass is 19.1. The highest BCUT2D eigenvalue weighted by Crippen LogP contribution is 2.38. The highest BCUT2D eigenvalue weighted by molar-refractivity contribution is 5.83. The molecule has 0 atom stereocenters. The molecule has 1 aliphatic rings. The lowest BCUT2D eigenvalue weighted by Crippen LogP contribution is -2.13. The zero-order chi connectivity index (χ0) is 14.7. The molecule has 1 fully saturated rings. The van der Waals surface area contributed by atoms with Gasteiger partial charge in [-0.3, -0.25) is 0 Å². The van der Waals surface area contributed by atoms with Crippen LogP contribution in [0.5, 0.6) is 0 Å². The fourth-order valence-electron chi connectivity index (χ4n) is 3.63. The second-order valence-corrected chi connectivity index (χ2v) is 6.33. The Labute approximate surface area is 126 Å². The molecule has 0 bridgehead atoms. The first-order chi connectivity index (χ1) is 10.3. The van der Waals surface area contributed by atoms with Gasteiger partial charge in [0, 0.05) is 0 Å². The van der Waals surface area contributed by atoms with Crippen molar-refractivity contribution < 1.29 is 4.39 Å². The van der Waals surface area contributed by atoms with Gasteiger partial charge >= 0.3 is 0 Å². The van der Waals surface area contributed by atoms with Gasteiger partial charge in [-0.1, -0.05) is 30.3 Å². The second kappa shape index (κ2) is 6.43. The minimum absolute atomic E-state index is 0.155. The Morgan fingerprint density at radius 3 is 2.48 bits per heavy atom. The van der Waals surface area contributed by atoms with Gasteiger partial charge < -0.3 is 0 Å². The Bertz CT molecular complexity index is 621. The topological polar surface area (TPSA) is 0 Å². The number of hydrogen-bond donors (Lipinski definition) is 0. The van der Waals surface area contributed by atoms with E-state index < -0.39 is 0 Å². The van der Waals surface area contributed by atoms with E-state index in [1.807, 2.05) is 12.1 Å². The standard InChI is InChI=1S/C20H23F/c1-2-3-4-15-5-7-16(8-6-15)17-9-10-19-14-20(21)12-11-18(19)13-17/h2,9-16H,1,3-8H2/t15-,16-. The molecule has 0 spiro atoms. The molecule has 0 amide bonds. The number of halogens is 1. The smallest absolute Gasteiger partial charge is 0.123 e. The summed E-state index contributed by atoms with van der Waals surface area (Å²) in [4.78, 5) is 0. The molecule has 1 heteroatoms. The summed E-state index contributed by atoms with van der Waals surface area (Å²) in [6.07, 6.45) is 9.72. The van der Waals surface area contributed by atoms with Crippen LogP contribution in [0.15, 0.2) is 49.1 Å². The Morgan fingerprint density at radius 1 is 1.00 bits per heavy atom. The van der Waals surface area contributed by atoms with E-state index in [9.17, 15) is 4.39 Å². The monoisotopic (exact) mass is 282 g/mol. The van der Waals surface area contributed by atoms with Gasteiger partial charge in [-0.25, -0.2) is 4.39 Å². The Hall–Kier alpha value is -1.63. The summed E-state index contributed by atoms with van der Waals surface area (Å²) in [5, 5.41) is 2.15. The third kappa shape index (κ3) is 3.34. The van der Waals surface area contributed by atoms with E-state index in [1.54, 1.807) is 12.1 Å². The largest absolute Gasteiger partial charge is 0.207 e. The van der Waals surface area contributed by atoms with Crippen LogP contribution >= 0.6 is 0 Å². The molecule has 2 aromatic carbocycles. The SMILES string of the molecule is C=CCC[C@H]1CC[C@H](c2ccc3cc(F)ccc3c2)CC1. The molecule has 0 saturated heterocycles. The number of fused-ring (bicyclic) bond motifs is 1. The molecular formula is C20H23F. The molecule has 0 unspecified atom stereocenters. The van der Waals surface area contributed by atoms with Crippen molar-refractivity contribution in [1.82, 2.24) is 0 Å². The van der Waals surface area contributed by atoms with Crippen molar-refractivity contribution in [3.63, 3.8) is 0 Å². The van der Waals surface area contributed by atoms with Crippen LogP contribution in [0.2, 0.25) is 0 Å². The van der Waals surface area contributed by atoms with E-state index in [1.165, 1.54) is 37.7 Å². The lowest BCUT2D eigenvalue weighted by Gasteiger charge is -2.28. The second-order valence-electron chi connectivity index (χ2n) is 6.33. The lowest BCUT2D eigenvalue weighted by molar-refractivity contribution is 0.312. The predicted octanol–water partition coefficient (Wildman–Crippen LogP) is 6.22. The van der Waals surface area contributed by atoms with Crippen molar-refractivity contribution in [2.24, 2.45) is 5.92 Å². The van der Waals surface area contributed by atoms with E-state index in [4.69, 9.17) is 0 Å². The molecule has 0 radical (unpaired) electrons. The average molecular weight is 282 g/mol. The van der Waals surface area contributed by atoms with Gasteiger partial charge in [-0.15, -0.1) is 6.58 Å². The Kier molecular flexibility index (Phi) is 4.38. The Balaban J connectivity index is 1.70. The van der Waals surface area contributed by atoms with Gasteiger partial charge in [-0.05, 0) is 78.8 Å². The minimum atomic E-state index is -0.155. The van der Waals surface area contributed by atoms with Gasteiger partial charge in [0.25, 0.3) is 0 Å². The van der Waals surface area contributed by atoms with Crippen molar-refractivity contribution >= 4 is 10.8 Å². The zero-order valence-corrected chi connectivity index (χ0v) is 12.5. The number of hydrogen-bond acceptors (Lipinski definition) is 0. The molecule has 1 saturated carbocycles. The summed E-state index contributed by atoms with van der Waals surface area (Å²) in [5.74, 6) is 1.41. The number of benzene rings is 2. The maximum absolute atomic E-state index is 13.2. The third-order valence-electron chi connectivity index (χ3n) is 4.92. The normalized spacial score (nSPS) is 22.3. The first-order valence-electron chi connectivity index (χ1n) is 8.06. The predicted molar refractivity (Wildman–Crippen MR) is 88.0 cm³/mol. The van der Waals surface area contributed by atoms with Crippen molar-refractivity contribution in [1.29, 1.82) is 0 Å². The summed E-state index contributed by atoms with van der Waals surface area (Å²) in [5.41, 5.74) is 1.43. The van der Waals surface area contributed by atoms with Crippen molar-refractivity contribution in [2.75, 3.05) is 0 Å². The van der Waals surface area contributed by atoms with Gasteiger partial charge in [-0.2, -0.15) is 0 Å².